The molecule has 11 heteroatoms. The number of carbonyl (C=O) groups is 1. The largest absolute Gasteiger partial charge is 0.352 e. The zero-order valence-corrected chi connectivity index (χ0v) is 21.0. The van der Waals surface area contributed by atoms with Crippen molar-refractivity contribution in [3.8, 4) is 0 Å². The summed E-state index contributed by atoms with van der Waals surface area (Å²) in [6.45, 7) is 4.20. The SMILES string of the molecule is CCN(CC)S(=O)(=O)c1cc(C(=O)NCCCc2nnc(SC)n2C2CCCC2)ccc1F. The lowest BCUT2D eigenvalue weighted by molar-refractivity contribution is 0.0953. The van der Waals surface area contributed by atoms with Crippen LogP contribution in [0.5, 0.6) is 0 Å². The maximum Gasteiger partial charge on any atom is 0.251 e. The normalized spacial score (nSPS) is 14.8. The Balaban J connectivity index is 1.63. The monoisotopic (exact) mass is 497 g/mol. The van der Waals surface area contributed by atoms with Crippen molar-refractivity contribution in [3.63, 3.8) is 0 Å². The molecule has 33 heavy (non-hydrogen) atoms. The van der Waals surface area contributed by atoms with Gasteiger partial charge in [-0.2, -0.15) is 4.31 Å². The number of hydrogen-bond donors (Lipinski definition) is 1. The number of hydrogen-bond acceptors (Lipinski definition) is 6. The number of thioether (sulfide) groups is 1. The summed E-state index contributed by atoms with van der Waals surface area (Å²) in [7, 11) is -4.00. The Morgan fingerprint density at radius 3 is 2.58 bits per heavy atom. The van der Waals surface area contributed by atoms with E-state index in [9.17, 15) is 17.6 Å². The Hall–Kier alpha value is -1.98. The lowest BCUT2D eigenvalue weighted by Crippen LogP contribution is -2.32. The summed E-state index contributed by atoms with van der Waals surface area (Å²) in [5.74, 6) is -0.378. The Morgan fingerprint density at radius 2 is 1.94 bits per heavy atom. The molecule has 0 aliphatic heterocycles. The molecule has 1 N–H and O–H groups in total. The molecular weight excluding hydrogens is 465 g/mol. The summed E-state index contributed by atoms with van der Waals surface area (Å²) in [4.78, 5) is 12.1. The van der Waals surface area contributed by atoms with Crippen LogP contribution in [0.25, 0.3) is 0 Å². The molecule has 1 heterocycles. The van der Waals surface area contributed by atoms with Crippen molar-refractivity contribution in [2.45, 2.75) is 68.5 Å². The molecule has 0 atom stereocenters. The lowest BCUT2D eigenvalue weighted by Gasteiger charge is -2.19. The summed E-state index contributed by atoms with van der Waals surface area (Å²) in [6, 6.07) is 3.88. The molecule has 1 aromatic carbocycles. The van der Waals surface area contributed by atoms with E-state index < -0.39 is 26.6 Å². The number of carbonyl (C=O) groups excluding carboxylic acids is 1. The van der Waals surface area contributed by atoms with Crippen LogP contribution in [0.4, 0.5) is 4.39 Å². The second-order valence-electron chi connectivity index (χ2n) is 8.01. The van der Waals surface area contributed by atoms with E-state index in [0.29, 0.717) is 25.4 Å². The van der Waals surface area contributed by atoms with Gasteiger partial charge >= 0.3 is 0 Å². The van der Waals surface area contributed by atoms with Crippen molar-refractivity contribution < 1.29 is 17.6 Å². The molecular formula is C22H32FN5O3S2. The Labute approximate surface area is 199 Å². The Kier molecular flexibility index (Phi) is 8.88. The molecule has 0 saturated heterocycles. The maximum atomic E-state index is 14.3. The van der Waals surface area contributed by atoms with Crippen molar-refractivity contribution in [2.24, 2.45) is 0 Å². The zero-order valence-electron chi connectivity index (χ0n) is 19.4. The van der Waals surface area contributed by atoms with Crippen LogP contribution in [0.1, 0.15) is 68.2 Å². The minimum absolute atomic E-state index is 0.112. The molecule has 1 aliphatic carbocycles. The third kappa shape index (κ3) is 5.75. The van der Waals surface area contributed by atoms with Crippen molar-refractivity contribution in [3.05, 3.63) is 35.4 Å². The Morgan fingerprint density at radius 1 is 1.24 bits per heavy atom. The first-order valence-electron chi connectivity index (χ1n) is 11.4. The van der Waals surface area contributed by atoms with Crippen LogP contribution in [0, 0.1) is 5.82 Å². The van der Waals surface area contributed by atoms with Crippen LogP contribution in [0.2, 0.25) is 0 Å². The number of amides is 1. The molecule has 182 valence electrons. The van der Waals surface area contributed by atoms with Crippen LogP contribution in [-0.2, 0) is 16.4 Å². The van der Waals surface area contributed by atoms with Crippen LogP contribution in [0.3, 0.4) is 0 Å². The molecule has 2 aromatic rings. The quantitative estimate of drug-likeness (QED) is 0.376. The van der Waals surface area contributed by atoms with Gasteiger partial charge in [0.15, 0.2) is 5.16 Å². The fourth-order valence-corrected chi connectivity index (χ4v) is 6.36. The van der Waals surface area contributed by atoms with Gasteiger partial charge in [-0.05, 0) is 43.7 Å². The van der Waals surface area contributed by atoms with E-state index in [1.165, 1.54) is 18.9 Å². The van der Waals surface area contributed by atoms with Gasteiger partial charge in [-0.3, -0.25) is 4.79 Å². The van der Waals surface area contributed by atoms with Gasteiger partial charge in [0.2, 0.25) is 10.0 Å². The van der Waals surface area contributed by atoms with E-state index >= 15 is 0 Å². The molecule has 0 spiro atoms. The molecule has 1 aromatic heterocycles. The standard InChI is InChI=1S/C22H32FN5O3S2/c1-4-27(5-2)33(30,31)19-15-16(12-13-18(19)23)21(29)24-14-8-11-20-25-26-22(32-3)28(20)17-9-6-7-10-17/h12-13,15,17H,4-11,14H2,1-3H3,(H,24,29). The average molecular weight is 498 g/mol. The third-order valence-corrected chi connectivity index (χ3v) is 8.70. The predicted octanol–water partition coefficient (Wildman–Crippen LogP) is 3.65. The van der Waals surface area contributed by atoms with Gasteiger partial charge in [-0.1, -0.05) is 38.5 Å². The number of aromatic nitrogens is 3. The summed E-state index contributed by atoms with van der Waals surface area (Å²) in [5.41, 5.74) is 0.112. The number of nitrogens with zero attached hydrogens (tertiary/aromatic N) is 4. The number of benzene rings is 1. The number of rotatable bonds is 11. The van der Waals surface area contributed by atoms with Gasteiger partial charge < -0.3 is 9.88 Å². The van der Waals surface area contributed by atoms with Crippen LogP contribution in [0.15, 0.2) is 28.3 Å². The van der Waals surface area contributed by atoms with Crippen molar-refractivity contribution in [2.75, 3.05) is 25.9 Å². The van der Waals surface area contributed by atoms with Crippen molar-refractivity contribution >= 4 is 27.7 Å². The average Bonchev–Trinajstić information content (AvgIpc) is 3.46. The molecule has 1 amide bonds. The highest BCUT2D eigenvalue weighted by Crippen LogP contribution is 2.33. The van der Waals surface area contributed by atoms with Gasteiger partial charge in [0.05, 0.1) is 0 Å². The fourth-order valence-electron chi connectivity index (χ4n) is 4.24. The van der Waals surface area contributed by atoms with Gasteiger partial charge in [0.25, 0.3) is 5.91 Å². The van der Waals surface area contributed by atoms with Gasteiger partial charge in [-0.25, -0.2) is 12.8 Å². The minimum Gasteiger partial charge on any atom is -0.352 e. The summed E-state index contributed by atoms with van der Waals surface area (Å²) in [5, 5.41) is 12.4. The van der Waals surface area contributed by atoms with Gasteiger partial charge in [0.1, 0.15) is 16.5 Å². The number of nitrogens with one attached hydrogen (secondary N) is 1. The smallest absolute Gasteiger partial charge is 0.251 e. The predicted molar refractivity (Wildman–Crippen MR) is 126 cm³/mol. The molecule has 1 fully saturated rings. The van der Waals surface area contributed by atoms with E-state index in [1.807, 2.05) is 6.26 Å². The summed E-state index contributed by atoms with van der Waals surface area (Å²) < 4.78 is 43.1. The lowest BCUT2D eigenvalue weighted by atomic mass is 10.2. The van der Waals surface area contributed by atoms with E-state index in [-0.39, 0.29) is 18.7 Å². The molecule has 0 radical (unpaired) electrons. The van der Waals surface area contributed by atoms with Crippen LogP contribution < -0.4 is 5.32 Å². The summed E-state index contributed by atoms with van der Waals surface area (Å²) in [6.07, 6.45) is 8.05. The maximum absolute atomic E-state index is 14.3. The highest BCUT2D eigenvalue weighted by Gasteiger charge is 2.27. The molecule has 1 saturated carbocycles. The van der Waals surface area contributed by atoms with E-state index in [4.69, 9.17) is 0 Å². The second-order valence-corrected chi connectivity index (χ2v) is 10.7. The number of aryl methyl sites for hydroxylation is 1. The highest BCUT2D eigenvalue weighted by molar-refractivity contribution is 7.98. The molecule has 3 rings (SSSR count). The van der Waals surface area contributed by atoms with Crippen LogP contribution in [-0.4, -0.2) is 59.3 Å². The molecule has 0 unspecified atom stereocenters. The third-order valence-electron chi connectivity index (χ3n) is 5.99. The number of sulfonamides is 1. The van der Waals surface area contributed by atoms with Crippen molar-refractivity contribution in [1.82, 2.24) is 24.4 Å². The molecule has 8 nitrogen and oxygen atoms in total. The summed E-state index contributed by atoms with van der Waals surface area (Å²) >= 11 is 1.59. The van der Waals surface area contributed by atoms with Crippen LogP contribution >= 0.6 is 11.8 Å². The minimum atomic E-state index is -4.00. The topological polar surface area (TPSA) is 97.2 Å². The second kappa shape index (κ2) is 11.4. The fraction of sp³-hybridized carbons (Fsp3) is 0.591. The van der Waals surface area contributed by atoms with E-state index in [0.717, 1.165) is 40.3 Å². The highest BCUT2D eigenvalue weighted by atomic mass is 32.2. The number of halogens is 1. The molecule has 0 bridgehead atoms. The van der Waals surface area contributed by atoms with Gasteiger partial charge in [-0.15, -0.1) is 10.2 Å². The van der Waals surface area contributed by atoms with Gasteiger partial charge in [0, 0.05) is 37.7 Å². The van der Waals surface area contributed by atoms with Crippen molar-refractivity contribution in [1.29, 1.82) is 0 Å². The Bertz CT molecular complexity index is 1060. The zero-order chi connectivity index (χ0) is 24.0. The first-order valence-corrected chi connectivity index (χ1v) is 14.1. The first kappa shape index (κ1) is 25.6. The van der Waals surface area contributed by atoms with E-state index in [2.05, 4.69) is 20.1 Å². The van der Waals surface area contributed by atoms with E-state index in [1.54, 1.807) is 25.6 Å². The first-order chi connectivity index (χ1) is 15.8. The molecule has 1 aliphatic rings.